The number of benzene rings is 1. The summed E-state index contributed by atoms with van der Waals surface area (Å²) in [4.78, 5) is 12.2. The van der Waals surface area contributed by atoms with Crippen molar-refractivity contribution in [1.82, 2.24) is 15.5 Å². The largest absolute Gasteiger partial charge is 0.392 e. The van der Waals surface area contributed by atoms with Gasteiger partial charge in [-0.2, -0.15) is 5.10 Å². The normalized spacial score (nSPS) is 25.0. The van der Waals surface area contributed by atoms with E-state index in [2.05, 4.69) is 15.5 Å². The van der Waals surface area contributed by atoms with Gasteiger partial charge in [-0.15, -0.1) is 0 Å². The maximum absolute atomic E-state index is 12.2. The number of nitrogens with one attached hydrogen (secondary N) is 2. The Labute approximate surface area is 111 Å². The second-order valence-corrected chi connectivity index (χ2v) is 5.77. The van der Waals surface area contributed by atoms with Gasteiger partial charge in [0.15, 0.2) is 0 Å². The van der Waals surface area contributed by atoms with Crippen LogP contribution in [0.15, 0.2) is 24.4 Å². The molecule has 0 bridgehead atoms. The van der Waals surface area contributed by atoms with Gasteiger partial charge in [0.25, 0.3) is 5.91 Å². The highest BCUT2D eigenvalue weighted by Gasteiger charge is 2.47. The summed E-state index contributed by atoms with van der Waals surface area (Å²) in [7, 11) is 0. The van der Waals surface area contributed by atoms with Gasteiger partial charge in [-0.1, -0.05) is 13.8 Å². The molecule has 1 aliphatic carbocycles. The first kappa shape index (κ1) is 12.2. The van der Waals surface area contributed by atoms with E-state index in [-0.39, 0.29) is 23.5 Å². The number of fused-ring (bicyclic) bond motifs is 1. The maximum atomic E-state index is 12.2. The van der Waals surface area contributed by atoms with Gasteiger partial charge in [0.2, 0.25) is 0 Å². The molecule has 2 aromatic rings. The number of nitrogens with zero attached hydrogens (tertiary/aromatic N) is 1. The van der Waals surface area contributed by atoms with E-state index in [1.165, 1.54) is 0 Å². The van der Waals surface area contributed by atoms with E-state index in [4.69, 9.17) is 0 Å². The van der Waals surface area contributed by atoms with Crippen LogP contribution >= 0.6 is 0 Å². The molecule has 1 aromatic heterocycles. The third-order valence-corrected chi connectivity index (χ3v) is 4.22. The van der Waals surface area contributed by atoms with Crippen molar-refractivity contribution in [2.45, 2.75) is 32.4 Å². The van der Waals surface area contributed by atoms with Crippen molar-refractivity contribution in [3.05, 3.63) is 30.0 Å². The van der Waals surface area contributed by atoms with E-state index in [1.807, 2.05) is 26.0 Å². The number of hydrogen-bond donors (Lipinski definition) is 3. The number of aliphatic hydroxyl groups excluding tert-OH is 1. The molecule has 19 heavy (non-hydrogen) atoms. The Morgan fingerprint density at radius 2 is 2.32 bits per heavy atom. The van der Waals surface area contributed by atoms with Gasteiger partial charge in [0.05, 0.1) is 17.8 Å². The quantitative estimate of drug-likeness (QED) is 0.764. The molecule has 5 nitrogen and oxygen atoms in total. The van der Waals surface area contributed by atoms with Crippen LogP contribution in [0.2, 0.25) is 0 Å². The summed E-state index contributed by atoms with van der Waals surface area (Å²) in [6.45, 7) is 3.93. The average molecular weight is 259 g/mol. The Hall–Kier alpha value is -1.88. The van der Waals surface area contributed by atoms with Crippen molar-refractivity contribution in [3.63, 3.8) is 0 Å². The van der Waals surface area contributed by atoms with Gasteiger partial charge in [-0.25, -0.2) is 0 Å². The number of aliphatic hydroxyl groups is 1. The number of H-pyrrole nitrogens is 1. The Bertz CT molecular complexity index is 632. The molecule has 0 radical (unpaired) electrons. The molecule has 1 heterocycles. The minimum absolute atomic E-state index is 0.0232. The fourth-order valence-electron chi connectivity index (χ4n) is 2.47. The average Bonchev–Trinajstić information content (AvgIpc) is 2.85. The van der Waals surface area contributed by atoms with Crippen LogP contribution in [0.1, 0.15) is 30.6 Å². The van der Waals surface area contributed by atoms with Gasteiger partial charge in [0, 0.05) is 22.4 Å². The lowest BCUT2D eigenvalue weighted by molar-refractivity contribution is -0.0689. The smallest absolute Gasteiger partial charge is 0.251 e. The van der Waals surface area contributed by atoms with E-state index in [1.54, 1.807) is 12.3 Å². The van der Waals surface area contributed by atoms with Crippen LogP contribution in [-0.2, 0) is 0 Å². The lowest BCUT2D eigenvalue weighted by Gasteiger charge is -2.49. The van der Waals surface area contributed by atoms with Crippen molar-refractivity contribution in [1.29, 1.82) is 0 Å². The number of aromatic nitrogens is 2. The van der Waals surface area contributed by atoms with Crippen molar-refractivity contribution >= 4 is 16.8 Å². The highest BCUT2D eigenvalue weighted by molar-refractivity contribution is 5.98. The monoisotopic (exact) mass is 259 g/mol. The summed E-state index contributed by atoms with van der Waals surface area (Å²) >= 11 is 0. The van der Waals surface area contributed by atoms with Gasteiger partial charge >= 0.3 is 0 Å². The third kappa shape index (κ3) is 1.90. The molecule has 1 aromatic carbocycles. The van der Waals surface area contributed by atoms with Gasteiger partial charge in [-0.3, -0.25) is 9.89 Å². The molecule has 100 valence electrons. The van der Waals surface area contributed by atoms with E-state index >= 15 is 0 Å². The van der Waals surface area contributed by atoms with Crippen LogP contribution in [0.5, 0.6) is 0 Å². The van der Waals surface area contributed by atoms with Crippen molar-refractivity contribution in [2.24, 2.45) is 5.41 Å². The van der Waals surface area contributed by atoms with Gasteiger partial charge < -0.3 is 10.4 Å². The first-order chi connectivity index (χ1) is 8.98. The van der Waals surface area contributed by atoms with Crippen LogP contribution in [0.3, 0.4) is 0 Å². The first-order valence-electron chi connectivity index (χ1n) is 6.40. The second-order valence-electron chi connectivity index (χ2n) is 5.77. The number of aromatic amines is 1. The molecule has 1 fully saturated rings. The van der Waals surface area contributed by atoms with Gasteiger partial charge in [0.1, 0.15) is 0 Å². The summed E-state index contributed by atoms with van der Waals surface area (Å²) < 4.78 is 0. The Balaban J connectivity index is 1.77. The molecule has 2 atom stereocenters. The van der Waals surface area contributed by atoms with E-state index in [0.29, 0.717) is 12.0 Å². The van der Waals surface area contributed by atoms with Crippen LogP contribution in [0, 0.1) is 5.41 Å². The fraction of sp³-hybridized carbons (Fsp3) is 0.429. The zero-order chi connectivity index (χ0) is 13.6. The molecule has 3 N–H and O–H groups in total. The Kier molecular flexibility index (Phi) is 2.60. The summed E-state index contributed by atoms with van der Waals surface area (Å²) in [5, 5.41) is 20.4. The van der Waals surface area contributed by atoms with E-state index < -0.39 is 0 Å². The highest BCUT2D eigenvalue weighted by atomic mass is 16.3. The number of carbonyl (C=O) groups is 1. The van der Waals surface area contributed by atoms with Gasteiger partial charge in [-0.05, 0) is 24.6 Å². The lowest BCUT2D eigenvalue weighted by atomic mass is 9.64. The van der Waals surface area contributed by atoms with Crippen LogP contribution in [-0.4, -0.2) is 33.4 Å². The molecular formula is C14H17N3O2. The standard InChI is InChI=1S/C14H17N3O2/c1-14(2)11(6-12(14)18)16-13(19)8-3-4-10-9(5-8)7-15-17-10/h3-5,7,11-12,18H,6H2,1-2H3,(H,15,17)(H,16,19). The molecule has 0 aliphatic heterocycles. The number of carbonyl (C=O) groups excluding carboxylic acids is 1. The van der Waals surface area contributed by atoms with Crippen LogP contribution in [0.4, 0.5) is 0 Å². The molecule has 1 amide bonds. The minimum Gasteiger partial charge on any atom is -0.392 e. The zero-order valence-electron chi connectivity index (χ0n) is 11.0. The maximum Gasteiger partial charge on any atom is 0.251 e. The third-order valence-electron chi connectivity index (χ3n) is 4.22. The molecule has 1 saturated carbocycles. The molecular weight excluding hydrogens is 242 g/mol. The van der Waals surface area contributed by atoms with Crippen molar-refractivity contribution < 1.29 is 9.90 Å². The predicted octanol–water partition coefficient (Wildman–Crippen LogP) is 1.45. The first-order valence-corrected chi connectivity index (χ1v) is 6.40. The predicted molar refractivity (Wildman–Crippen MR) is 71.8 cm³/mol. The summed E-state index contributed by atoms with van der Waals surface area (Å²) in [5.41, 5.74) is 1.28. The lowest BCUT2D eigenvalue weighted by Crippen LogP contribution is -2.61. The van der Waals surface area contributed by atoms with Crippen LogP contribution < -0.4 is 5.32 Å². The second kappa shape index (κ2) is 4.06. The molecule has 0 saturated heterocycles. The molecule has 3 rings (SSSR count). The zero-order valence-corrected chi connectivity index (χ0v) is 11.0. The molecule has 5 heteroatoms. The van der Waals surface area contributed by atoms with E-state index in [9.17, 15) is 9.90 Å². The van der Waals surface area contributed by atoms with E-state index in [0.717, 1.165) is 10.9 Å². The number of amides is 1. The summed E-state index contributed by atoms with van der Waals surface area (Å²) in [5.74, 6) is -0.104. The Morgan fingerprint density at radius 1 is 1.53 bits per heavy atom. The fourth-order valence-corrected chi connectivity index (χ4v) is 2.47. The highest BCUT2D eigenvalue weighted by Crippen LogP contribution is 2.40. The summed E-state index contributed by atoms with van der Waals surface area (Å²) in [6, 6.07) is 5.46. The topological polar surface area (TPSA) is 78.0 Å². The number of hydrogen-bond acceptors (Lipinski definition) is 3. The molecule has 2 unspecified atom stereocenters. The van der Waals surface area contributed by atoms with Crippen LogP contribution in [0.25, 0.3) is 10.9 Å². The number of rotatable bonds is 2. The molecule has 1 aliphatic rings. The van der Waals surface area contributed by atoms with Crippen molar-refractivity contribution in [3.8, 4) is 0 Å². The van der Waals surface area contributed by atoms with Crippen molar-refractivity contribution in [2.75, 3.05) is 0 Å². The SMILES string of the molecule is CC1(C)C(O)CC1NC(=O)c1ccc2[nH]ncc2c1. The summed E-state index contributed by atoms with van der Waals surface area (Å²) in [6.07, 6.45) is 1.98. The molecule has 0 spiro atoms. The Morgan fingerprint density at radius 3 is 3.00 bits per heavy atom. The minimum atomic E-state index is -0.339.